The SMILES string of the molecule is Cl.NC1(CNS(=O)(=O)c2cc(F)cc(F)c2)CCCCC1. The van der Waals surface area contributed by atoms with Crippen LogP contribution in [-0.2, 0) is 10.0 Å². The predicted molar refractivity (Wildman–Crippen MR) is 78.8 cm³/mol. The van der Waals surface area contributed by atoms with Crippen molar-refractivity contribution in [3.05, 3.63) is 29.8 Å². The molecule has 4 nitrogen and oxygen atoms in total. The zero-order valence-electron chi connectivity index (χ0n) is 11.4. The summed E-state index contributed by atoms with van der Waals surface area (Å²) in [5, 5.41) is 0. The first-order valence-corrected chi connectivity index (χ1v) is 8.04. The first-order chi connectivity index (χ1) is 9.31. The van der Waals surface area contributed by atoms with E-state index >= 15 is 0 Å². The molecule has 1 aromatic carbocycles. The molecule has 120 valence electrons. The van der Waals surface area contributed by atoms with Gasteiger partial charge in [-0.15, -0.1) is 12.4 Å². The number of sulfonamides is 1. The van der Waals surface area contributed by atoms with Crippen molar-refractivity contribution in [3.8, 4) is 0 Å². The van der Waals surface area contributed by atoms with Crippen molar-refractivity contribution in [1.82, 2.24) is 4.72 Å². The van der Waals surface area contributed by atoms with Gasteiger partial charge < -0.3 is 5.73 Å². The van der Waals surface area contributed by atoms with E-state index in [1.54, 1.807) is 0 Å². The van der Waals surface area contributed by atoms with Gasteiger partial charge in [0, 0.05) is 18.2 Å². The summed E-state index contributed by atoms with van der Waals surface area (Å²) in [5.74, 6) is -1.85. The first kappa shape index (κ1) is 18.3. The molecule has 0 radical (unpaired) electrons. The summed E-state index contributed by atoms with van der Waals surface area (Å²) in [7, 11) is -3.95. The molecular weight excluding hydrogens is 322 g/mol. The number of hydrogen-bond donors (Lipinski definition) is 2. The Morgan fingerprint density at radius 1 is 1.10 bits per heavy atom. The molecule has 0 aromatic heterocycles. The minimum atomic E-state index is -3.95. The van der Waals surface area contributed by atoms with E-state index in [0.29, 0.717) is 6.07 Å². The fourth-order valence-corrected chi connectivity index (χ4v) is 3.62. The standard InChI is InChI=1S/C13H18F2N2O2S.ClH/c14-10-6-11(15)8-12(7-10)20(18,19)17-9-13(16)4-2-1-3-5-13;/h6-8,17H,1-5,9,16H2;1H. The normalized spacial score (nSPS) is 18.0. The highest BCUT2D eigenvalue weighted by Crippen LogP contribution is 2.25. The minimum absolute atomic E-state index is 0. The predicted octanol–water partition coefficient (Wildman–Crippen LogP) is 2.33. The van der Waals surface area contributed by atoms with Gasteiger partial charge in [-0.3, -0.25) is 0 Å². The van der Waals surface area contributed by atoms with Gasteiger partial charge in [0.2, 0.25) is 10.0 Å². The molecule has 0 bridgehead atoms. The van der Waals surface area contributed by atoms with Gasteiger partial charge in [0.25, 0.3) is 0 Å². The van der Waals surface area contributed by atoms with E-state index in [4.69, 9.17) is 5.73 Å². The number of nitrogens with one attached hydrogen (secondary N) is 1. The van der Waals surface area contributed by atoms with Crippen molar-refractivity contribution in [2.45, 2.75) is 42.5 Å². The molecule has 3 N–H and O–H groups in total. The van der Waals surface area contributed by atoms with E-state index in [9.17, 15) is 17.2 Å². The maximum atomic E-state index is 13.1. The maximum absolute atomic E-state index is 13.1. The van der Waals surface area contributed by atoms with Crippen LogP contribution in [0, 0.1) is 11.6 Å². The Bertz CT molecular complexity index is 570. The summed E-state index contributed by atoms with van der Waals surface area (Å²) < 4.78 is 52.5. The van der Waals surface area contributed by atoms with Gasteiger partial charge >= 0.3 is 0 Å². The lowest BCUT2D eigenvalue weighted by Crippen LogP contribution is -2.51. The zero-order valence-corrected chi connectivity index (χ0v) is 13.1. The Kier molecular flexibility index (Phi) is 6.10. The van der Waals surface area contributed by atoms with Crippen LogP contribution < -0.4 is 10.5 Å². The average Bonchev–Trinajstić information content (AvgIpc) is 2.37. The monoisotopic (exact) mass is 340 g/mol. The molecule has 1 aromatic rings. The third-order valence-corrected chi connectivity index (χ3v) is 4.99. The van der Waals surface area contributed by atoms with E-state index in [2.05, 4.69) is 4.72 Å². The summed E-state index contributed by atoms with van der Waals surface area (Å²) in [5.41, 5.74) is 5.56. The summed E-state index contributed by atoms with van der Waals surface area (Å²) in [6, 6.07) is 2.20. The molecule has 2 rings (SSSR count). The molecule has 1 aliphatic rings. The Morgan fingerprint density at radius 3 is 2.14 bits per heavy atom. The topological polar surface area (TPSA) is 72.2 Å². The highest BCUT2D eigenvalue weighted by Gasteiger charge is 2.29. The molecule has 0 amide bonds. The smallest absolute Gasteiger partial charge is 0.240 e. The Hall–Kier alpha value is -0.760. The third-order valence-electron chi connectivity index (χ3n) is 3.61. The van der Waals surface area contributed by atoms with Crippen LogP contribution in [0.15, 0.2) is 23.1 Å². The van der Waals surface area contributed by atoms with E-state index < -0.39 is 32.1 Å². The van der Waals surface area contributed by atoms with Crippen molar-refractivity contribution in [3.63, 3.8) is 0 Å². The van der Waals surface area contributed by atoms with E-state index in [0.717, 1.165) is 44.2 Å². The molecule has 21 heavy (non-hydrogen) atoms. The van der Waals surface area contributed by atoms with E-state index in [1.165, 1.54) is 0 Å². The third kappa shape index (κ3) is 4.88. The van der Waals surface area contributed by atoms with Crippen LogP contribution in [0.1, 0.15) is 32.1 Å². The molecule has 1 aliphatic carbocycles. The average molecular weight is 341 g/mol. The molecule has 0 saturated heterocycles. The number of halogens is 3. The van der Waals surface area contributed by atoms with Gasteiger partial charge in [0.15, 0.2) is 0 Å². The van der Waals surface area contributed by atoms with Crippen molar-refractivity contribution >= 4 is 22.4 Å². The Balaban J connectivity index is 0.00000220. The number of benzene rings is 1. The van der Waals surface area contributed by atoms with Crippen molar-refractivity contribution in [1.29, 1.82) is 0 Å². The van der Waals surface area contributed by atoms with Gasteiger partial charge in [-0.1, -0.05) is 19.3 Å². The number of rotatable bonds is 4. The Morgan fingerprint density at radius 2 is 1.62 bits per heavy atom. The molecule has 0 spiro atoms. The second-order valence-electron chi connectivity index (χ2n) is 5.35. The minimum Gasteiger partial charge on any atom is -0.324 e. The van der Waals surface area contributed by atoms with Gasteiger partial charge in [-0.05, 0) is 25.0 Å². The molecule has 8 heteroatoms. The van der Waals surface area contributed by atoms with E-state index in [-0.39, 0.29) is 19.0 Å². The lowest BCUT2D eigenvalue weighted by Gasteiger charge is -2.33. The molecule has 1 fully saturated rings. The maximum Gasteiger partial charge on any atom is 0.240 e. The molecule has 0 heterocycles. The molecule has 0 unspecified atom stereocenters. The second kappa shape index (κ2) is 7.00. The van der Waals surface area contributed by atoms with Crippen LogP contribution in [0.3, 0.4) is 0 Å². The van der Waals surface area contributed by atoms with Gasteiger partial charge in [-0.25, -0.2) is 21.9 Å². The summed E-state index contributed by atoms with van der Waals surface area (Å²) in [6.07, 6.45) is 4.51. The van der Waals surface area contributed by atoms with E-state index in [1.807, 2.05) is 0 Å². The fourth-order valence-electron chi connectivity index (χ4n) is 2.44. The van der Waals surface area contributed by atoms with Crippen LogP contribution in [0.2, 0.25) is 0 Å². The van der Waals surface area contributed by atoms with Gasteiger partial charge in [0.1, 0.15) is 11.6 Å². The lowest BCUT2D eigenvalue weighted by atomic mass is 9.83. The van der Waals surface area contributed by atoms with Crippen LogP contribution in [0.4, 0.5) is 8.78 Å². The van der Waals surface area contributed by atoms with Crippen molar-refractivity contribution < 1.29 is 17.2 Å². The van der Waals surface area contributed by atoms with Crippen LogP contribution in [0.25, 0.3) is 0 Å². The first-order valence-electron chi connectivity index (χ1n) is 6.55. The largest absolute Gasteiger partial charge is 0.324 e. The lowest BCUT2D eigenvalue weighted by molar-refractivity contribution is 0.296. The van der Waals surface area contributed by atoms with Crippen molar-refractivity contribution in [2.75, 3.05) is 6.54 Å². The number of nitrogens with two attached hydrogens (primary N) is 1. The quantitative estimate of drug-likeness (QED) is 0.883. The van der Waals surface area contributed by atoms with Gasteiger partial charge in [0.05, 0.1) is 4.90 Å². The Labute approximate surface area is 129 Å². The highest BCUT2D eigenvalue weighted by molar-refractivity contribution is 7.89. The van der Waals surface area contributed by atoms with Crippen LogP contribution >= 0.6 is 12.4 Å². The number of hydrogen-bond acceptors (Lipinski definition) is 3. The molecule has 1 saturated carbocycles. The summed E-state index contributed by atoms with van der Waals surface area (Å²) >= 11 is 0. The highest BCUT2D eigenvalue weighted by atomic mass is 35.5. The second-order valence-corrected chi connectivity index (χ2v) is 7.12. The molecule has 0 atom stereocenters. The summed E-state index contributed by atoms with van der Waals surface area (Å²) in [4.78, 5) is -0.422. The van der Waals surface area contributed by atoms with Crippen molar-refractivity contribution in [2.24, 2.45) is 5.73 Å². The van der Waals surface area contributed by atoms with Crippen LogP contribution in [0.5, 0.6) is 0 Å². The van der Waals surface area contributed by atoms with Gasteiger partial charge in [-0.2, -0.15) is 0 Å². The fraction of sp³-hybridized carbons (Fsp3) is 0.538. The zero-order chi connectivity index (χ0) is 14.8. The molecular formula is C13H19ClF2N2O2S. The molecule has 0 aliphatic heterocycles. The summed E-state index contributed by atoms with van der Waals surface area (Å²) in [6.45, 7) is 0.0769. The van der Waals surface area contributed by atoms with Crippen LogP contribution in [-0.4, -0.2) is 20.5 Å².